The normalized spacial score (nSPS) is 14.8. The van der Waals surface area contributed by atoms with Gasteiger partial charge in [-0.2, -0.15) is 5.10 Å². The predicted octanol–water partition coefficient (Wildman–Crippen LogP) is 2.45. The maximum absolute atomic E-state index is 13.1. The van der Waals surface area contributed by atoms with Crippen LogP contribution in [-0.2, 0) is 4.79 Å². The Labute approximate surface area is 163 Å². The van der Waals surface area contributed by atoms with E-state index >= 15 is 0 Å². The van der Waals surface area contributed by atoms with Crippen LogP contribution in [-0.4, -0.2) is 50.9 Å². The summed E-state index contributed by atoms with van der Waals surface area (Å²) in [6.45, 7) is 8.84. The second-order valence-corrected chi connectivity index (χ2v) is 7.45. The van der Waals surface area contributed by atoms with E-state index in [1.807, 2.05) is 45.9 Å². The van der Waals surface area contributed by atoms with Crippen molar-refractivity contribution in [3.8, 4) is 0 Å². The zero-order valence-electron chi connectivity index (χ0n) is 16.6. The Morgan fingerprint density at radius 1 is 1.00 bits per heavy atom. The van der Waals surface area contributed by atoms with E-state index in [2.05, 4.69) is 16.1 Å². The van der Waals surface area contributed by atoms with E-state index in [0.717, 1.165) is 28.2 Å². The van der Waals surface area contributed by atoms with Crippen LogP contribution in [0.2, 0.25) is 0 Å². The minimum atomic E-state index is -0.207. The Morgan fingerprint density at radius 2 is 1.71 bits per heavy atom. The molecule has 2 aromatic heterocycles. The summed E-state index contributed by atoms with van der Waals surface area (Å²) >= 11 is 0. The highest BCUT2D eigenvalue weighted by Gasteiger charge is 2.30. The molecule has 1 aliphatic rings. The van der Waals surface area contributed by atoms with Crippen LogP contribution >= 0.6 is 0 Å². The summed E-state index contributed by atoms with van der Waals surface area (Å²) in [6.07, 6.45) is 1.54. The minimum Gasteiger partial charge on any atom is -0.327 e. The van der Waals surface area contributed by atoms with Crippen LogP contribution in [0.1, 0.15) is 32.9 Å². The molecule has 2 amide bonds. The Balaban J connectivity index is 1.58. The first-order chi connectivity index (χ1) is 13.3. The maximum Gasteiger partial charge on any atom is 0.259 e. The quantitative estimate of drug-likeness (QED) is 0.688. The number of hydrogen-bond donors (Lipinski definition) is 0. The van der Waals surface area contributed by atoms with Gasteiger partial charge >= 0.3 is 0 Å². The standard InChI is InChI=1S/C21H23N5O2/c1-13-7-14(2)9-17(8-13)25-6-5-24(12-19(25)27)21(28)18-11-22-26-16(4)10-15(3)23-20(18)26/h7-11H,5-6,12H2,1-4H3. The Morgan fingerprint density at radius 3 is 2.39 bits per heavy atom. The van der Waals surface area contributed by atoms with Crippen molar-refractivity contribution in [1.82, 2.24) is 19.5 Å². The lowest BCUT2D eigenvalue weighted by Crippen LogP contribution is -2.52. The van der Waals surface area contributed by atoms with E-state index in [-0.39, 0.29) is 18.4 Å². The van der Waals surface area contributed by atoms with Crippen LogP contribution in [0.25, 0.3) is 5.65 Å². The fraction of sp³-hybridized carbons (Fsp3) is 0.333. The molecule has 0 aliphatic carbocycles. The molecule has 1 aliphatic heterocycles. The highest BCUT2D eigenvalue weighted by atomic mass is 16.2. The van der Waals surface area contributed by atoms with Crippen molar-refractivity contribution in [2.75, 3.05) is 24.5 Å². The first kappa shape index (κ1) is 18.2. The molecule has 0 unspecified atom stereocenters. The highest BCUT2D eigenvalue weighted by Crippen LogP contribution is 2.22. The number of hydrogen-bond acceptors (Lipinski definition) is 4. The molecule has 3 aromatic rings. The van der Waals surface area contributed by atoms with E-state index < -0.39 is 0 Å². The van der Waals surface area contributed by atoms with Gasteiger partial charge in [-0.05, 0) is 57.0 Å². The first-order valence-corrected chi connectivity index (χ1v) is 9.33. The van der Waals surface area contributed by atoms with Gasteiger partial charge in [0.2, 0.25) is 5.91 Å². The second kappa shape index (κ2) is 6.74. The van der Waals surface area contributed by atoms with E-state index in [0.29, 0.717) is 24.3 Å². The number of carbonyl (C=O) groups is 2. The topological polar surface area (TPSA) is 70.8 Å². The van der Waals surface area contributed by atoms with Gasteiger partial charge in [-0.3, -0.25) is 9.59 Å². The van der Waals surface area contributed by atoms with Gasteiger partial charge < -0.3 is 9.80 Å². The number of rotatable bonds is 2. The number of amides is 2. The molecule has 0 saturated carbocycles. The van der Waals surface area contributed by atoms with Crippen molar-refractivity contribution in [1.29, 1.82) is 0 Å². The van der Waals surface area contributed by atoms with Gasteiger partial charge in [-0.15, -0.1) is 0 Å². The Kier molecular flexibility index (Phi) is 4.37. The molecule has 0 atom stereocenters. The Hall–Kier alpha value is -3.22. The highest BCUT2D eigenvalue weighted by molar-refractivity contribution is 6.04. The molecule has 144 valence electrons. The van der Waals surface area contributed by atoms with Crippen molar-refractivity contribution >= 4 is 23.1 Å². The van der Waals surface area contributed by atoms with Crippen LogP contribution in [0, 0.1) is 27.7 Å². The van der Waals surface area contributed by atoms with Gasteiger partial charge in [-0.25, -0.2) is 9.50 Å². The Bertz CT molecular complexity index is 1080. The average Bonchev–Trinajstić information content (AvgIpc) is 3.04. The minimum absolute atomic E-state index is 0.0496. The third kappa shape index (κ3) is 3.13. The van der Waals surface area contributed by atoms with Crippen LogP contribution in [0.5, 0.6) is 0 Å². The van der Waals surface area contributed by atoms with Crippen molar-refractivity contribution in [3.05, 3.63) is 58.5 Å². The number of benzene rings is 1. The molecule has 7 heteroatoms. The number of aromatic nitrogens is 3. The SMILES string of the molecule is Cc1cc(C)cc(N2CCN(C(=O)c3cnn4c(C)cc(C)nc34)CC2=O)c1. The van der Waals surface area contributed by atoms with Gasteiger partial charge in [0.1, 0.15) is 12.1 Å². The summed E-state index contributed by atoms with van der Waals surface area (Å²) in [4.78, 5) is 33.6. The molecule has 0 N–H and O–H groups in total. The second-order valence-electron chi connectivity index (χ2n) is 7.45. The van der Waals surface area contributed by atoms with Crippen molar-refractivity contribution in [2.24, 2.45) is 0 Å². The first-order valence-electron chi connectivity index (χ1n) is 9.33. The number of nitrogens with zero attached hydrogens (tertiary/aromatic N) is 5. The summed E-state index contributed by atoms with van der Waals surface area (Å²) < 4.78 is 1.66. The predicted molar refractivity (Wildman–Crippen MR) is 107 cm³/mol. The summed E-state index contributed by atoms with van der Waals surface area (Å²) in [7, 11) is 0. The van der Waals surface area contributed by atoms with Gasteiger partial charge in [0.25, 0.3) is 5.91 Å². The number of piperazine rings is 1. The molecular weight excluding hydrogens is 354 g/mol. The molecule has 1 fully saturated rings. The molecule has 3 heterocycles. The summed E-state index contributed by atoms with van der Waals surface area (Å²) in [5.41, 5.74) is 5.83. The summed E-state index contributed by atoms with van der Waals surface area (Å²) in [6, 6.07) is 8.00. The van der Waals surface area contributed by atoms with E-state index in [4.69, 9.17) is 0 Å². The zero-order valence-corrected chi connectivity index (χ0v) is 16.6. The van der Waals surface area contributed by atoms with Crippen LogP contribution in [0.3, 0.4) is 0 Å². The summed E-state index contributed by atoms with van der Waals surface area (Å²) in [5.74, 6) is -0.290. The molecule has 0 radical (unpaired) electrons. The molecule has 0 spiro atoms. The fourth-order valence-corrected chi connectivity index (χ4v) is 3.82. The van der Waals surface area contributed by atoms with Crippen molar-refractivity contribution in [2.45, 2.75) is 27.7 Å². The van der Waals surface area contributed by atoms with E-state index in [1.165, 1.54) is 6.20 Å². The molecule has 0 bridgehead atoms. The monoisotopic (exact) mass is 377 g/mol. The zero-order chi connectivity index (χ0) is 20.0. The molecular formula is C21H23N5O2. The smallest absolute Gasteiger partial charge is 0.259 e. The van der Waals surface area contributed by atoms with Crippen molar-refractivity contribution < 1.29 is 9.59 Å². The third-order valence-electron chi connectivity index (χ3n) is 5.03. The van der Waals surface area contributed by atoms with E-state index in [1.54, 1.807) is 14.3 Å². The molecule has 7 nitrogen and oxygen atoms in total. The molecule has 4 rings (SSSR count). The number of fused-ring (bicyclic) bond motifs is 1. The van der Waals surface area contributed by atoms with Crippen LogP contribution < -0.4 is 4.90 Å². The number of aryl methyl sites for hydroxylation is 4. The number of anilines is 1. The fourth-order valence-electron chi connectivity index (χ4n) is 3.82. The van der Waals surface area contributed by atoms with Crippen LogP contribution in [0.4, 0.5) is 5.69 Å². The average molecular weight is 377 g/mol. The van der Waals surface area contributed by atoms with Gasteiger partial charge in [-0.1, -0.05) is 6.07 Å². The van der Waals surface area contributed by atoms with E-state index in [9.17, 15) is 9.59 Å². The van der Waals surface area contributed by atoms with Gasteiger partial charge in [0.05, 0.1) is 6.20 Å². The molecule has 1 aromatic carbocycles. The molecule has 28 heavy (non-hydrogen) atoms. The van der Waals surface area contributed by atoms with Gasteiger partial charge in [0, 0.05) is 30.2 Å². The maximum atomic E-state index is 13.1. The lowest BCUT2D eigenvalue weighted by Gasteiger charge is -2.34. The molecule has 1 saturated heterocycles. The van der Waals surface area contributed by atoms with Crippen molar-refractivity contribution in [3.63, 3.8) is 0 Å². The third-order valence-corrected chi connectivity index (χ3v) is 5.03. The largest absolute Gasteiger partial charge is 0.327 e. The lowest BCUT2D eigenvalue weighted by atomic mass is 10.1. The van der Waals surface area contributed by atoms with Crippen LogP contribution in [0.15, 0.2) is 30.5 Å². The number of carbonyl (C=O) groups excluding carboxylic acids is 2. The lowest BCUT2D eigenvalue weighted by molar-refractivity contribution is -0.120. The summed E-state index contributed by atoms with van der Waals surface area (Å²) in [5, 5.41) is 4.29. The van der Waals surface area contributed by atoms with Gasteiger partial charge in [0.15, 0.2) is 5.65 Å².